The number of hydrogen-bond donors (Lipinski definition) is 0. The van der Waals surface area contributed by atoms with Crippen molar-refractivity contribution in [2.75, 3.05) is 26.8 Å². The monoisotopic (exact) mass is 394 g/mol. The van der Waals surface area contributed by atoms with Gasteiger partial charge >= 0.3 is 0 Å². The van der Waals surface area contributed by atoms with E-state index in [2.05, 4.69) is 25.1 Å². The predicted octanol–water partition coefficient (Wildman–Crippen LogP) is 2.13. The molecule has 0 aliphatic carbocycles. The summed E-state index contributed by atoms with van der Waals surface area (Å²) < 4.78 is 10.9. The van der Waals surface area contributed by atoms with Crippen LogP contribution in [0, 0.1) is 0 Å². The van der Waals surface area contributed by atoms with Crippen LogP contribution in [-0.2, 0) is 10.2 Å². The maximum atomic E-state index is 12.7. The molecule has 9 heteroatoms. The fourth-order valence-corrected chi connectivity index (χ4v) is 3.66. The fraction of sp³-hybridized carbons (Fsp3) is 0.400. The molecule has 1 saturated heterocycles. The minimum Gasteiger partial charge on any atom is -0.385 e. The Balaban J connectivity index is 1.53. The first-order valence-corrected chi connectivity index (χ1v) is 9.50. The summed E-state index contributed by atoms with van der Waals surface area (Å²) >= 11 is 0. The van der Waals surface area contributed by atoms with E-state index in [1.807, 2.05) is 17.0 Å². The zero-order valence-corrected chi connectivity index (χ0v) is 16.2. The number of carbonyl (C=O) groups excluding carboxylic acids is 1. The van der Waals surface area contributed by atoms with Gasteiger partial charge in [0, 0.05) is 62.6 Å². The van der Waals surface area contributed by atoms with Crippen molar-refractivity contribution < 1.29 is 14.1 Å². The SMILES string of the molecule is COCCC1(c2noc(-c3ccncc3)n2)CCN(C(=O)c2cncnc2)CC1. The van der Waals surface area contributed by atoms with Crippen LogP contribution in [-0.4, -0.2) is 62.7 Å². The van der Waals surface area contributed by atoms with Gasteiger partial charge in [-0.25, -0.2) is 9.97 Å². The highest BCUT2D eigenvalue weighted by Gasteiger charge is 2.41. The van der Waals surface area contributed by atoms with Crippen molar-refractivity contribution >= 4 is 5.91 Å². The third-order valence-corrected chi connectivity index (χ3v) is 5.43. The van der Waals surface area contributed by atoms with Gasteiger partial charge in [-0.15, -0.1) is 0 Å². The normalized spacial score (nSPS) is 16.0. The van der Waals surface area contributed by atoms with Gasteiger partial charge < -0.3 is 14.2 Å². The molecule has 0 N–H and O–H groups in total. The Labute approximate surface area is 168 Å². The fourth-order valence-electron chi connectivity index (χ4n) is 3.66. The van der Waals surface area contributed by atoms with Crippen molar-refractivity contribution in [3.8, 4) is 11.5 Å². The van der Waals surface area contributed by atoms with Crippen LogP contribution < -0.4 is 0 Å². The second-order valence-electron chi connectivity index (χ2n) is 7.10. The van der Waals surface area contributed by atoms with Gasteiger partial charge in [0.1, 0.15) is 6.33 Å². The second kappa shape index (κ2) is 8.44. The van der Waals surface area contributed by atoms with E-state index in [4.69, 9.17) is 9.26 Å². The topological polar surface area (TPSA) is 107 Å². The Bertz CT molecular complexity index is 939. The van der Waals surface area contributed by atoms with E-state index < -0.39 is 0 Å². The van der Waals surface area contributed by atoms with E-state index in [0.29, 0.717) is 37.0 Å². The molecule has 0 unspecified atom stereocenters. The lowest BCUT2D eigenvalue weighted by molar-refractivity contribution is 0.0615. The molecule has 0 atom stereocenters. The number of hydrogen-bond acceptors (Lipinski definition) is 8. The highest BCUT2D eigenvalue weighted by molar-refractivity contribution is 5.93. The zero-order valence-electron chi connectivity index (χ0n) is 16.2. The molecule has 4 heterocycles. The molecule has 1 aliphatic rings. The number of methoxy groups -OCH3 is 1. The third kappa shape index (κ3) is 4.00. The summed E-state index contributed by atoms with van der Waals surface area (Å²) in [5.74, 6) is 1.08. The van der Waals surface area contributed by atoms with Crippen molar-refractivity contribution in [1.82, 2.24) is 30.0 Å². The van der Waals surface area contributed by atoms with E-state index in [9.17, 15) is 4.79 Å². The molecule has 150 valence electrons. The van der Waals surface area contributed by atoms with Gasteiger partial charge in [0.2, 0.25) is 0 Å². The van der Waals surface area contributed by atoms with Gasteiger partial charge in [0.05, 0.1) is 5.56 Å². The van der Waals surface area contributed by atoms with E-state index in [-0.39, 0.29) is 11.3 Å². The van der Waals surface area contributed by atoms with Gasteiger partial charge in [-0.1, -0.05) is 5.16 Å². The zero-order chi connectivity index (χ0) is 20.1. The molecular weight excluding hydrogens is 372 g/mol. The first-order valence-electron chi connectivity index (χ1n) is 9.50. The van der Waals surface area contributed by atoms with Crippen LogP contribution >= 0.6 is 0 Å². The molecule has 29 heavy (non-hydrogen) atoms. The summed E-state index contributed by atoms with van der Waals surface area (Å²) in [4.78, 5) is 31.1. The van der Waals surface area contributed by atoms with Crippen molar-refractivity contribution in [2.45, 2.75) is 24.7 Å². The molecule has 0 aromatic carbocycles. The smallest absolute Gasteiger partial charge is 0.258 e. The highest BCUT2D eigenvalue weighted by atomic mass is 16.5. The minimum absolute atomic E-state index is 0.0588. The van der Waals surface area contributed by atoms with E-state index in [1.54, 1.807) is 31.9 Å². The van der Waals surface area contributed by atoms with Gasteiger partial charge in [-0.2, -0.15) is 4.98 Å². The Hall–Kier alpha value is -3.20. The summed E-state index contributed by atoms with van der Waals surface area (Å²) in [6.45, 7) is 1.77. The Morgan fingerprint density at radius 3 is 2.59 bits per heavy atom. The summed E-state index contributed by atoms with van der Waals surface area (Å²) in [6, 6.07) is 3.67. The van der Waals surface area contributed by atoms with Crippen molar-refractivity contribution in [1.29, 1.82) is 0 Å². The second-order valence-corrected chi connectivity index (χ2v) is 7.10. The minimum atomic E-state index is -0.297. The first-order chi connectivity index (χ1) is 14.2. The van der Waals surface area contributed by atoms with E-state index >= 15 is 0 Å². The van der Waals surface area contributed by atoms with Crippen LogP contribution in [0.4, 0.5) is 0 Å². The number of pyridine rings is 1. The average Bonchev–Trinajstić information content (AvgIpc) is 3.30. The maximum Gasteiger partial charge on any atom is 0.258 e. The molecule has 4 rings (SSSR count). The Morgan fingerprint density at radius 2 is 1.90 bits per heavy atom. The van der Waals surface area contributed by atoms with Crippen LogP contribution in [0.3, 0.4) is 0 Å². The van der Waals surface area contributed by atoms with E-state index in [0.717, 1.165) is 24.8 Å². The lowest BCUT2D eigenvalue weighted by Crippen LogP contribution is -2.46. The maximum absolute atomic E-state index is 12.7. The van der Waals surface area contributed by atoms with Crippen molar-refractivity contribution in [3.05, 3.63) is 54.6 Å². The predicted molar refractivity (Wildman–Crippen MR) is 103 cm³/mol. The summed E-state index contributed by atoms with van der Waals surface area (Å²) in [5, 5.41) is 4.28. The molecule has 1 fully saturated rings. The number of amides is 1. The highest BCUT2D eigenvalue weighted by Crippen LogP contribution is 2.38. The molecule has 9 nitrogen and oxygen atoms in total. The lowest BCUT2D eigenvalue weighted by Gasteiger charge is -2.39. The lowest BCUT2D eigenvalue weighted by atomic mass is 9.75. The molecule has 1 amide bonds. The molecule has 0 bridgehead atoms. The molecule has 3 aromatic heterocycles. The number of rotatable bonds is 6. The number of nitrogens with zero attached hydrogens (tertiary/aromatic N) is 6. The molecule has 1 aliphatic heterocycles. The Kier molecular flexibility index (Phi) is 5.57. The largest absolute Gasteiger partial charge is 0.385 e. The molecule has 0 saturated carbocycles. The van der Waals surface area contributed by atoms with Crippen LogP contribution in [0.2, 0.25) is 0 Å². The molecular formula is C20H22N6O3. The molecule has 0 spiro atoms. The number of carbonyl (C=O) groups is 1. The summed E-state index contributed by atoms with van der Waals surface area (Å²) in [5.41, 5.74) is 1.03. The number of likely N-dealkylation sites (tertiary alicyclic amines) is 1. The standard InChI is InChI=1S/C20H22N6O3/c1-28-11-6-20(19-24-17(29-25-19)15-2-7-21-8-3-15)4-9-26(10-5-20)18(27)16-12-22-14-23-13-16/h2-3,7-8,12-14H,4-6,9-11H2,1H3. The number of aromatic nitrogens is 5. The number of piperidine rings is 1. The molecule has 3 aromatic rings. The van der Waals surface area contributed by atoms with Crippen LogP contribution in [0.25, 0.3) is 11.5 Å². The Morgan fingerprint density at radius 1 is 1.17 bits per heavy atom. The summed E-state index contributed by atoms with van der Waals surface area (Å²) in [6.07, 6.45) is 10.1. The van der Waals surface area contributed by atoms with Crippen molar-refractivity contribution in [3.63, 3.8) is 0 Å². The van der Waals surface area contributed by atoms with Crippen molar-refractivity contribution in [2.24, 2.45) is 0 Å². The quantitative estimate of drug-likeness (QED) is 0.626. The first kappa shape index (κ1) is 19.1. The number of ether oxygens (including phenoxy) is 1. The van der Waals surface area contributed by atoms with Gasteiger partial charge in [-0.3, -0.25) is 9.78 Å². The van der Waals surface area contributed by atoms with Crippen LogP contribution in [0.1, 0.15) is 35.4 Å². The van der Waals surface area contributed by atoms with Gasteiger partial charge in [-0.05, 0) is 31.4 Å². The van der Waals surface area contributed by atoms with E-state index in [1.165, 1.54) is 6.33 Å². The average molecular weight is 394 g/mol. The van der Waals surface area contributed by atoms with Crippen LogP contribution in [0.5, 0.6) is 0 Å². The third-order valence-electron chi connectivity index (χ3n) is 5.43. The van der Waals surface area contributed by atoms with Crippen LogP contribution in [0.15, 0.2) is 47.8 Å². The molecule has 0 radical (unpaired) electrons. The van der Waals surface area contributed by atoms with Gasteiger partial charge in [0.25, 0.3) is 11.8 Å². The summed E-state index contributed by atoms with van der Waals surface area (Å²) in [7, 11) is 1.68. The van der Waals surface area contributed by atoms with Gasteiger partial charge in [0.15, 0.2) is 5.82 Å².